The molecule has 0 spiro atoms. The monoisotopic (exact) mass is 252 g/mol. The summed E-state index contributed by atoms with van der Waals surface area (Å²) in [5, 5.41) is 0. The average Bonchev–Trinajstić information content (AvgIpc) is 2.27. The van der Waals surface area contributed by atoms with E-state index in [1.807, 2.05) is 0 Å². The first-order chi connectivity index (χ1) is 7.68. The van der Waals surface area contributed by atoms with E-state index in [-0.39, 0.29) is 0 Å². The molecule has 0 aliphatic carbocycles. The second-order valence-corrected chi connectivity index (χ2v) is 3.46. The molecule has 0 amide bonds. The Morgan fingerprint density at radius 3 is 1.88 bits per heavy atom. The molecule has 0 radical (unpaired) electrons. The second-order valence-electron chi connectivity index (χ2n) is 3.46. The summed E-state index contributed by atoms with van der Waals surface area (Å²) in [6, 6.07) is 2.74. The molecule has 1 aromatic carbocycles. The number of ketones is 1. The Morgan fingerprint density at radius 1 is 1.06 bits per heavy atom. The van der Waals surface area contributed by atoms with Crippen LogP contribution in [0, 0.1) is 0 Å². The van der Waals surface area contributed by atoms with Gasteiger partial charge in [0.1, 0.15) is 0 Å². The number of carbonyl (C=O) groups excluding carboxylic acids is 1. The van der Waals surface area contributed by atoms with Crippen molar-refractivity contribution in [2.45, 2.75) is 25.4 Å². The van der Waals surface area contributed by atoms with Crippen molar-refractivity contribution < 1.29 is 26.7 Å². The summed E-state index contributed by atoms with van der Waals surface area (Å²) in [4.78, 5) is 11.2. The van der Waals surface area contributed by atoms with Crippen LogP contribution in [0.25, 0.3) is 0 Å². The molecular weight excluding hydrogens is 243 g/mol. The minimum absolute atomic E-state index is 0.426. The normalized spacial score (nSPS) is 12.6. The highest BCUT2D eigenvalue weighted by Gasteiger charge is 2.37. The fourth-order valence-electron chi connectivity index (χ4n) is 1.18. The van der Waals surface area contributed by atoms with Gasteiger partial charge in [-0.2, -0.15) is 22.0 Å². The molecule has 1 nitrogen and oxygen atoms in total. The van der Waals surface area contributed by atoms with Crippen molar-refractivity contribution in [2.75, 3.05) is 0 Å². The van der Waals surface area contributed by atoms with Crippen LogP contribution in [0.1, 0.15) is 29.3 Å². The highest BCUT2D eigenvalue weighted by molar-refractivity contribution is 6.01. The van der Waals surface area contributed by atoms with E-state index in [1.54, 1.807) is 0 Å². The maximum absolute atomic E-state index is 13.0. The molecule has 0 aliphatic rings. The Morgan fingerprint density at radius 2 is 1.53 bits per heavy atom. The number of hydrogen-bond acceptors (Lipinski definition) is 1. The molecule has 1 aromatic rings. The molecule has 0 atom stereocenters. The van der Waals surface area contributed by atoms with Gasteiger partial charge in [0, 0.05) is 12.0 Å². The van der Waals surface area contributed by atoms with E-state index in [0.717, 1.165) is 19.1 Å². The first kappa shape index (κ1) is 13.6. The van der Waals surface area contributed by atoms with Crippen molar-refractivity contribution in [1.82, 2.24) is 0 Å². The lowest BCUT2D eigenvalue weighted by atomic mass is 10.0. The molecule has 0 fully saturated rings. The Balaban J connectivity index is 3.00. The van der Waals surface area contributed by atoms with Crippen LogP contribution in [0.15, 0.2) is 24.3 Å². The van der Waals surface area contributed by atoms with E-state index in [2.05, 4.69) is 0 Å². The summed E-state index contributed by atoms with van der Waals surface area (Å²) >= 11 is 0. The zero-order valence-electron chi connectivity index (χ0n) is 8.81. The van der Waals surface area contributed by atoms with Crippen molar-refractivity contribution in [3.8, 4) is 0 Å². The van der Waals surface area contributed by atoms with E-state index in [9.17, 15) is 26.7 Å². The molecule has 0 saturated carbocycles. The van der Waals surface area contributed by atoms with Gasteiger partial charge in [0.25, 0.3) is 0 Å². The standard InChI is InChI=1S/C11H9F5O/c1-2-10(12,13)9(17)7-3-5-8(6-4-7)11(14,15)16/h3-6H,2H2,1H3. The van der Waals surface area contributed by atoms with Gasteiger partial charge in [-0.25, -0.2) is 0 Å². The Hall–Kier alpha value is -1.46. The lowest BCUT2D eigenvalue weighted by molar-refractivity contribution is -0.137. The smallest absolute Gasteiger partial charge is 0.287 e. The first-order valence-electron chi connectivity index (χ1n) is 4.78. The van der Waals surface area contributed by atoms with Gasteiger partial charge in [-0.3, -0.25) is 4.79 Å². The molecule has 1 rings (SSSR count). The number of alkyl halides is 5. The van der Waals surface area contributed by atoms with Crippen molar-refractivity contribution in [1.29, 1.82) is 0 Å². The van der Waals surface area contributed by atoms with E-state index in [4.69, 9.17) is 0 Å². The van der Waals surface area contributed by atoms with Gasteiger partial charge in [0.15, 0.2) is 0 Å². The lowest BCUT2D eigenvalue weighted by Gasteiger charge is -2.13. The summed E-state index contributed by atoms with van der Waals surface area (Å²) in [5.41, 5.74) is -1.40. The summed E-state index contributed by atoms with van der Waals surface area (Å²) in [6.45, 7) is 1.13. The van der Waals surface area contributed by atoms with Crippen LogP contribution in [0.4, 0.5) is 22.0 Å². The van der Waals surface area contributed by atoms with Crippen LogP contribution >= 0.6 is 0 Å². The van der Waals surface area contributed by atoms with Gasteiger partial charge in [-0.05, 0) is 12.1 Å². The molecule has 0 saturated heterocycles. The minimum Gasteiger partial charge on any atom is -0.287 e. The minimum atomic E-state index is -4.55. The zero-order valence-corrected chi connectivity index (χ0v) is 8.81. The largest absolute Gasteiger partial charge is 0.416 e. The van der Waals surface area contributed by atoms with Crippen LogP contribution < -0.4 is 0 Å². The number of hydrogen-bond donors (Lipinski definition) is 0. The van der Waals surface area contributed by atoms with Crippen molar-refractivity contribution in [3.63, 3.8) is 0 Å². The number of Topliss-reactive ketones (excluding diaryl/α,β-unsaturated/α-hetero) is 1. The van der Waals surface area contributed by atoms with Crippen molar-refractivity contribution >= 4 is 5.78 Å². The van der Waals surface area contributed by atoms with Gasteiger partial charge in [0.2, 0.25) is 5.78 Å². The topological polar surface area (TPSA) is 17.1 Å². The van der Waals surface area contributed by atoms with E-state index in [0.29, 0.717) is 12.1 Å². The van der Waals surface area contributed by atoms with Crippen molar-refractivity contribution in [2.24, 2.45) is 0 Å². The number of carbonyl (C=O) groups is 1. The molecule has 17 heavy (non-hydrogen) atoms. The summed E-state index contributed by atoms with van der Waals surface area (Å²) in [7, 11) is 0. The Labute approximate surface area is 94.2 Å². The van der Waals surface area contributed by atoms with Crippen LogP contribution in [-0.2, 0) is 6.18 Å². The molecule has 0 heterocycles. The quantitative estimate of drug-likeness (QED) is 0.588. The molecule has 0 unspecified atom stereocenters. The van der Waals surface area contributed by atoms with Crippen LogP contribution in [-0.4, -0.2) is 11.7 Å². The molecule has 94 valence electrons. The number of benzene rings is 1. The van der Waals surface area contributed by atoms with Gasteiger partial charge >= 0.3 is 12.1 Å². The highest BCUT2D eigenvalue weighted by atomic mass is 19.4. The third-order valence-electron chi connectivity index (χ3n) is 2.25. The molecule has 0 aliphatic heterocycles. The van der Waals surface area contributed by atoms with Gasteiger partial charge in [-0.1, -0.05) is 19.1 Å². The summed E-state index contributed by atoms with van der Waals surface area (Å²) in [6.07, 6.45) is -5.23. The Kier molecular flexibility index (Phi) is 3.54. The van der Waals surface area contributed by atoms with Gasteiger partial charge < -0.3 is 0 Å². The van der Waals surface area contributed by atoms with Crippen LogP contribution in [0.3, 0.4) is 0 Å². The average molecular weight is 252 g/mol. The third kappa shape index (κ3) is 3.01. The first-order valence-corrected chi connectivity index (χ1v) is 4.78. The molecular formula is C11H9F5O. The summed E-state index contributed by atoms with van der Waals surface area (Å²) < 4.78 is 62.6. The maximum atomic E-state index is 13.0. The second kappa shape index (κ2) is 4.43. The predicted octanol–water partition coefficient (Wildman–Crippen LogP) is 3.93. The van der Waals surface area contributed by atoms with Gasteiger partial charge in [0.05, 0.1) is 5.56 Å². The van der Waals surface area contributed by atoms with E-state index < -0.39 is 35.4 Å². The zero-order chi connectivity index (χ0) is 13.3. The molecule has 0 N–H and O–H groups in total. The summed E-state index contributed by atoms with van der Waals surface area (Å²) in [5.74, 6) is -5.01. The SMILES string of the molecule is CCC(F)(F)C(=O)c1ccc(C(F)(F)F)cc1. The molecule has 6 heteroatoms. The third-order valence-corrected chi connectivity index (χ3v) is 2.25. The predicted molar refractivity (Wildman–Crippen MR) is 51.0 cm³/mol. The fourth-order valence-corrected chi connectivity index (χ4v) is 1.18. The van der Waals surface area contributed by atoms with E-state index >= 15 is 0 Å². The van der Waals surface area contributed by atoms with Gasteiger partial charge in [-0.15, -0.1) is 0 Å². The number of halogens is 5. The van der Waals surface area contributed by atoms with Crippen LogP contribution in [0.2, 0.25) is 0 Å². The Bertz CT molecular complexity index is 405. The maximum Gasteiger partial charge on any atom is 0.416 e. The molecule has 0 aromatic heterocycles. The fraction of sp³-hybridized carbons (Fsp3) is 0.364. The van der Waals surface area contributed by atoms with Crippen molar-refractivity contribution in [3.05, 3.63) is 35.4 Å². The molecule has 0 bridgehead atoms. The lowest BCUT2D eigenvalue weighted by Crippen LogP contribution is -2.27. The van der Waals surface area contributed by atoms with E-state index in [1.165, 1.54) is 0 Å². The highest BCUT2D eigenvalue weighted by Crippen LogP contribution is 2.30. The number of rotatable bonds is 3. The van der Waals surface area contributed by atoms with Crippen LogP contribution in [0.5, 0.6) is 0 Å².